The molecule has 2 aliphatic heterocycles. The molecule has 144 valence electrons. The Balaban J connectivity index is 1.55. The molecule has 0 aliphatic carbocycles. The lowest BCUT2D eigenvalue weighted by Crippen LogP contribution is -2.35. The molecule has 1 amide bonds. The molecule has 7 heteroatoms. The zero-order valence-corrected chi connectivity index (χ0v) is 15.8. The fourth-order valence-electron chi connectivity index (χ4n) is 4.20. The van der Waals surface area contributed by atoms with Crippen LogP contribution in [0.25, 0.3) is 0 Å². The first kappa shape index (κ1) is 18.1. The molecule has 1 aromatic heterocycles. The molecular formula is C20H26FN5O. The molecule has 0 saturated carbocycles. The summed E-state index contributed by atoms with van der Waals surface area (Å²) in [4.78, 5) is 16.1. The predicted molar refractivity (Wildman–Crippen MR) is 99.4 cm³/mol. The SMILES string of the molecule is CC(=O)N1CCc2nnc(C3CCCCN3Cc3ccc(F)cc3)n2CC1. The van der Waals surface area contributed by atoms with Gasteiger partial charge in [0.15, 0.2) is 0 Å². The molecule has 3 heterocycles. The Morgan fingerprint density at radius 2 is 1.93 bits per heavy atom. The minimum Gasteiger partial charge on any atom is -0.341 e. The smallest absolute Gasteiger partial charge is 0.219 e. The summed E-state index contributed by atoms with van der Waals surface area (Å²) >= 11 is 0. The summed E-state index contributed by atoms with van der Waals surface area (Å²) in [6.45, 7) is 5.57. The highest BCUT2D eigenvalue weighted by molar-refractivity contribution is 5.73. The van der Waals surface area contributed by atoms with Crippen molar-refractivity contribution < 1.29 is 9.18 Å². The predicted octanol–water partition coefficient (Wildman–Crippen LogP) is 2.55. The van der Waals surface area contributed by atoms with Crippen LogP contribution in [-0.4, -0.2) is 50.1 Å². The maximum atomic E-state index is 13.2. The van der Waals surface area contributed by atoms with E-state index in [0.29, 0.717) is 13.1 Å². The molecule has 1 saturated heterocycles. The van der Waals surface area contributed by atoms with Gasteiger partial charge in [0.1, 0.15) is 17.5 Å². The van der Waals surface area contributed by atoms with Crippen LogP contribution in [0.5, 0.6) is 0 Å². The van der Waals surface area contributed by atoms with E-state index in [0.717, 1.165) is 56.1 Å². The minimum atomic E-state index is -0.202. The lowest BCUT2D eigenvalue weighted by atomic mass is 10.00. The molecule has 1 unspecified atom stereocenters. The summed E-state index contributed by atoms with van der Waals surface area (Å²) < 4.78 is 15.4. The first-order valence-electron chi connectivity index (χ1n) is 9.78. The van der Waals surface area contributed by atoms with Gasteiger partial charge in [-0.3, -0.25) is 9.69 Å². The highest BCUT2D eigenvalue weighted by atomic mass is 19.1. The Kier molecular flexibility index (Phi) is 5.20. The third-order valence-electron chi connectivity index (χ3n) is 5.71. The van der Waals surface area contributed by atoms with E-state index in [1.807, 2.05) is 17.0 Å². The fourth-order valence-corrected chi connectivity index (χ4v) is 4.20. The van der Waals surface area contributed by atoms with Gasteiger partial charge in [-0.2, -0.15) is 0 Å². The molecule has 0 spiro atoms. The summed E-state index contributed by atoms with van der Waals surface area (Å²) in [5.74, 6) is 1.90. The zero-order chi connectivity index (χ0) is 18.8. The van der Waals surface area contributed by atoms with E-state index in [4.69, 9.17) is 0 Å². The van der Waals surface area contributed by atoms with Crippen molar-refractivity contribution in [3.05, 3.63) is 47.3 Å². The molecule has 6 nitrogen and oxygen atoms in total. The number of benzene rings is 1. The molecular weight excluding hydrogens is 345 g/mol. The van der Waals surface area contributed by atoms with Gasteiger partial charge in [-0.1, -0.05) is 18.6 Å². The van der Waals surface area contributed by atoms with Crippen molar-refractivity contribution >= 4 is 5.91 Å². The maximum absolute atomic E-state index is 13.2. The van der Waals surface area contributed by atoms with E-state index in [9.17, 15) is 9.18 Å². The van der Waals surface area contributed by atoms with Gasteiger partial charge in [-0.05, 0) is 37.1 Å². The number of nitrogens with zero attached hydrogens (tertiary/aromatic N) is 5. The molecule has 2 aromatic rings. The van der Waals surface area contributed by atoms with Crippen LogP contribution >= 0.6 is 0 Å². The van der Waals surface area contributed by atoms with Gasteiger partial charge < -0.3 is 9.47 Å². The van der Waals surface area contributed by atoms with Crippen LogP contribution in [0.3, 0.4) is 0 Å². The maximum Gasteiger partial charge on any atom is 0.219 e. The first-order valence-corrected chi connectivity index (χ1v) is 9.78. The van der Waals surface area contributed by atoms with Gasteiger partial charge in [0.05, 0.1) is 6.04 Å². The molecule has 27 heavy (non-hydrogen) atoms. The Hall–Kier alpha value is -2.28. The number of hydrogen-bond donors (Lipinski definition) is 0. The number of likely N-dealkylation sites (tertiary alicyclic amines) is 1. The molecule has 0 N–H and O–H groups in total. The van der Waals surface area contributed by atoms with Crippen molar-refractivity contribution in [3.63, 3.8) is 0 Å². The van der Waals surface area contributed by atoms with Gasteiger partial charge in [-0.15, -0.1) is 10.2 Å². The Bertz CT molecular complexity index is 803. The third-order valence-corrected chi connectivity index (χ3v) is 5.71. The second kappa shape index (κ2) is 7.76. The van der Waals surface area contributed by atoms with E-state index in [1.165, 1.54) is 18.6 Å². The monoisotopic (exact) mass is 371 g/mol. The van der Waals surface area contributed by atoms with Crippen molar-refractivity contribution in [1.29, 1.82) is 0 Å². The van der Waals surface area contributed by atoms with Crippen molar-refractivity contribution in [2.45, 2.75) is 51.7 Å². The number of fused-ring (bicyclic) bond motifs is 1. The Morgan fingerprint density at radius 1 is 1.11 bits per heavy atom. The van der Waals surface area contributed by atoms with Crippen LogP contribution < -0.4 is 0 Å². The lowest BCUT2D eigenvalue weighted by molar-refractivity contribution is -0.128. The molecule has 2 aliphatic rings. The minimum absolute atomic E-state index is 0.117. The summed E-state index contributed by atoms with van der Waals surface area (Å²) in [7, 11) is 0. The number of aromatic nitrogens is 3. The van der Waals surface area contributed by atoms with Crippen LogP contribution in [0, 0.1) is 5.82 Å². The highest BCUT2D eigenvalue weighted by Crippen LogP contribution is 2.32. The zero-order valence-electron chi connectivity index (χ0n) is 15.8. The molecule has 1 aromatic carbocycles. The molecule has 0 radical (unpaired) electrons. The third kappa shape index (κ3) is 3.88. The second-order valence-corrected chi connectivity index (χ2v) is 7.49. The summed E-state index contributed by atoms with van der Waals surface area (Å²) in [6.07, 6.45) is 4.14. The normalized spacial score (nSPS) is 21.0. The number of rotatable bonds is 3. The van der Waals surface area contributed by atoms with Gasteiger partial charge >= 0.3 is 0 Å². The van der Waals surface area contributed by atoms with Gasteiger partial charge in [0.25, 0.3) is 0 Å². The van der Waals surface area contributed by atoms with E-state index in [1.54, 1.807) is 6.92 Å². The fraction of sp³-hybridized carbons (Fsp3) is 0.550. The standard InChI is InChI=1S/C20H26FN5O/c1-15(27)24-11-9-19-22-23-20(26(19)13-12-24)18-4-2-3-10-25(18)14-16-5-7-17(21)8-6-16/h5-8,18H,2-4,9-14H2,1H3. The van der Waals surface area contributed by atoms with Gasteiger partial charge in [0, 0.05) is 39.5 Å². The number of halogens is 1. The van der Waals surface area contributed by atoms with E-state index >= 15 is 0 Å². The number of carbonyl (C=O) groups is 1. The van der Waals surface area contributed by atoms with Crippen molar-refractivity contribution in [3.8, 4) is 0 Å². The van der Waals surface area contributed by atoms with Gasteiger partial charge in [-0.25, -0.2) is 4.39 Å². The quantitative estimate of drug-likeness (QED) is 0.832. The van der Waals surface area contributed by atoms with E-state index < -0.39 is 0 Å². The Morgan fingerprint density at radius 3 is 2.70 bits per heavy atom. The summed E-state index contributed by atoms with van der Waals surface area (Å²) in [5.41, 5.74) is 1.11. The number of amides is 1. The number of hydrogen-bond acceptors (Lipinski definition) is 4. The summed E-state index contributed by atoms with van der Waals surface area (Å²) in [6, 6.07) is 6.97. The summed E-state index contributed by atoms with van der Waals surface area (Å²) in [5, 5.41) is 8.98. The van der Waals surface area contributed by atoms with Crippen LogP contribution in [0.15, 0.2) is 24.3 Å². The van der Waals surface area contributed by atoms with Crippen LogP contribution in [0.1, 0.15) is 49.4 Å². The molecule has 1 atom stereocenters. The van der Waals surface area contributed by atoms with Crippen LogP contribution in [0.2, 0.25) is 0 Å². The number of carbonyl (C=O) groups excluding carboxylic acids is 1. The topological polar surface area (TPSA) is 54.3 Å². The average molecular weight is 371 g/mol. The molecule has 4 rings (SSSR count). The average Bonchev–Trinajstić information content (AvgIpc) is 2.94. The largest absolute Gasteiger partial charge is 0.341 e. The molecule has 1 fully saturated rings. The van der Waals surface area contributed by atoms with Crippen LogP contribution in [0.4, 0.5) is 4.39 Å². The first-order chi connectivity index (χ1) is 13.1. The van der Waals surface area contributed by atoms with E-state index in [2.05, 4.69) is 19.7 Å². The second-order valence-electron chi connectivity index (χ2n) is 7.49. The van der Waals surface area contributed by atoms with Crippen molar-refractivity contribution in [2.75, 3.05) is 19.6 Å². The number of piperidine rings is 1. The van der Waals surface area contributed by atoms with Crippen molar-refractivity contribution in [2.24, 2.45) is 0 Å². The Labute approximate surface area is 159 Å². The lowest BCUT2D eigenvalue weighted by Gasteiger charge is -2.35. The van der Waals surface area contributed by atoms with Gasteiger partial charge in [0.2, 0.25) is 5.91 Å². The van der Waals surface area contributed by atoms with Crippen LogP contribution in [-0.2, 0) is 24.3 Å². The van der Waals surface area contributed by atoms with E-state index in [-0.39, 0.29) is 17.8 Å². The molecule has 0 bridgehead atoms. The van der Waals surface area contributed by atoms with Crippen molar-refractivity contribution in [1.82, 2.24) is 24.6 Å². The highest BCUT2D eigenvalue weighted by Gasteiger charge is 2.30.